The Kier molecular flexibility index (Phi) is 3.47. The molecule has 0 aliphatic carbocycles. The molecule has 0 aliphatic rings. The van der Waals surface area contributed by atoms with Gasteiger partial charge in [0.15, 0.2) is 0 Å². The molecule has 0 radical (unpaired) electrons. The summed E-state index contributed by atoms with van der Waals surface area (Å²) in [5, 5.41) is 2.62. The van der Waals surface area contributed by atoms with Crippen LogP contribution < -0.4 is 0 Å². The van der Waals surface area contributed by atoms with Crippen LogP contribution in [0, 0.1) is 0 Å². The lowest BCUT2D eigenvalue weighted by atomic mass is 10.0. The molecule has 0 atom stereocenters. The molecule has 104 valence electrons. The van der Waals surface area contributed by atoms with Gasteiger partial charge in [-0.25, -0.2) is 0 Å². The molecule has 0 saturated heterocycles. The lowest BCUT2D eigenvalue weighted by molar-refractivity contribution is 0.829. The van der Waals surface area contributed by atoms with Gasteiger partial charge in [-0.05, 0) is 24.5 Å². The van der Waals surface area contributed by atoms with Gasteiger partial charge in [-0.3, -0.25) is 4.98 Å². The monoisotopic (exact) mass is 266 g/mol. The number of rotatable bonds is 4. The Bertz CT molecular complexity index is 753. The van der Waals surface area contributed by atoms with Gasteiger partial charge < -0.3 is 4.57 Å². The van der Waals surface area contributed by atoms with Crippen molar-refractivity contribution in [3.05, 3.63) is 41.7 Å². The van der Waals surface area contributed by atoms with E-state index in [2.05, 4.69) is 55.9 Å². The first-order valence-corrected chi connectivity index (χ1v) is 7.61. The molecule has 0 spiro atoms. The van der Waals surface area contributed by atoms with Crippen LogP contribution in [0.2, 0.25) is 0 Å². The maximum atomic E-state index is 4.77. The molecule has 2 nitrogen and oxygen atoms in total. The van der Waals surface area contributed by atoms with Crippen LogP contribution in [-0.4, -0.2) is 9.55 Å². The van der Waals surface area contributed by atoms with Gasteiger partial charge in [0.05, 0.1) is 5.52 Å². The number of hydrogen-bond donors (Lipinski definition) is 0. The van der Waals surface area contributed by atoms with E-state index < -0.39 is 0 Å². The second-order valence-corrected chi connectivity index (χ2v) is 5.52. The summed E-state index contributed by atoms with van der Waals surface area (Å²) in [7, 11) is 2.18. The van der Waals surface area contributed by atoms with Crippen LogP contribution in [0.25, 0.3) is 21.8 Å². The number of para-hydroxylation sites is 1. The minimum Gasteiger partial charge on any atom is -0.343 e. The summed E-state index contributed by atoms with van der Waals surface area (Å²) in [6, 6.07) is 8.63. The standard InChI is InChI=1S/C18H22N2/c1-4-8-14-16(9-5-2)19-12-15-13-10-6-7-11-17(13)20(3)18(14)15/h6-7,10-12H,4-5,8-9H2,1-3H3. The van der Waals surface area contributed by atoms with Crippen molar-refractivity contribution in [1.82, 2.24) is 9.55 Å². The fourth-order valence-electron chi connectivity index (χ4n) is 3.24. The van der Waals surface area contributed by atoms with E-state index in [9.17, 15) is 0 Å². The van der Waals surface area contributed by atoms with E-state index in [1.807, 2.05) is 0 Å². The maximum Gasteiger partial charge on any atom is 0.0555 e. The van der Waals surface area contributed by atoms with Crippen molar-refractivity contribution < 1.29 is 0 Å². The SMILES string of the molecule is CCCc1ncc2c3ccccc3n(C)c2c1CCC. The molecule has 2 aromatic heterocycles. The van der Waals surface area contributed by atoms with E-state index in [-0.39, 0.29) is 0 Å². The van der Waals surface area contributed by atoms with Gasteiger partial charge in [-0.1, -0.05) is 44.9 Å². The molecule has 20 heavy (non-hydrogen) atoms. The van der Waals surface area contributed by atoms with Gasteiger partial charge in [0.25, 0.3) is 0 Å². The van der Waals surface area contributed by atoms with E-state index in [1.54, 1.807) is 0 Å². The fourth-order valence-corrected chi connectivity index (χ4v) is 3.24. The Morgan fingerprint density at radius 2 is 1.75 bits per heavy atom. The largest absolute Gasteiger partial charge is 0.343 e. The van der Waals surface area contributed by atoms with E-state index in [0.29, 0.717) is 0 Å². The highest BCUT2D eigenvalue weighted by Gasteiger charge is 2.15. The number of aromatic nitrogens is 2. The van der Waals surface area contributed by atoms with E-state index in [0.717, 1.165) is 19.3 Å². The minimum absolute atomic E-state index is 1.08. The Balaban J connectivity index is 2.40. The molecule has 2 heteroatoms. The first-order valence-electron chi connectivity index (χ1n) is 7.61. The van der Waals surface area contributed by atoms with E-state index in [4.69, 9.17) is 4.98 Å². The van der Waals surface area contributed by atoms with Crippen LogP contribution in [0.1, 0.15) is 37.9 Å². The van der Waals surface area contributed by atoms with E-state index >= 15 is 0 Å². The second-order valence-electron chi connectivity index (χ2n) is 5.52. The van der Waals surface area contributed by atoms with Crippen molar-refractivity contribution in [2.24, 2.45) is 7.05 Å². The fraction of sp³-hybridized carbons (Fsp3) is 0.389. The average molecular weight is 266 g/mol. The molecule has 0 amide bonds. The van der Waals surface area contributed by atoms with Crippen LogP contribution in [0.4, 0.5) is 0 Å². The van der Waals surface area contributed by atoms with Gasteiger partial charge in [0.1, 0.15) is 0 Å². The molecule has 3 aromatic rings. The van der Waals surface area contributed by atoms with Crippen LogP contribution in [0.5, 0.6) is 0 Å². The van der Waals surface area contributed by atoms with Crippen LogP contribution >= 0.6 is 0 Å². The number of nitrogens with zero attached hydrogens (tertiary/aromatic N) is 2. The minimum atomic E-state index is 1.08. The number of aryl methyl sites for hydroxylation is 3. The van der Waals surface area contributed by atoms with E-state index in [1.165, 1.54) is 39.5 Å². The number of benzene rings is 1. The molecule has 2 heterocycles. The van der Waals surface area contributed by atoms with Crippen LogP contribution in [0.3, 0.4) is 0 Å². The van der Waals surface area contributed by atoms with Crippen molar-refractivity contribution in [3.63, 3.8) is 0 Å². The summed E-state index contributed by atoms with van der Waals surface area (Å²) in [6.45, 7) is 4.47. The Labute approximate surface area is 120 Å². The summed E-state index contributed by atoms with van der Waals surface area (Å²) < 4.78 is 2.34. The highest BCUT2D eigenvalue weighted by Crippen LogP contribution is 2.31. The van der Waals surface area contributed by atoms with Crippen LogP contribution in [-0.2, 0) is 19.9 Å². The van der Waals surface area contributed by atoms with Crippen molar-refractivity contribution >= 4 is 21.8 Å². The van der Waals surface area contributed by atoms with Gasteiger partial charge in [-0.15, -0.1) is 0 Å². The molecule has 0 saturated carbocycles. The highest BCUT2D eigenvalue weighted by molar-refractivity contribution is 6.08. The van der Waals surface area contributed by atoms with Gasteiger partial charge in [-0.2, -0.15) is 0 Å². The molecule has 0 N–H and O–H groups in total. The summed E-state index contributed by atoms with van der Waals surface area (Å²) in [4.78, 5) is 4.77. The van der Waals surface area contributed by atoms with Gasteiger partial charge in [0, 0.05) is 35.2 Å². The van der Waals surface area contributed by atoms with Crippen LogP contribution in [0.15, 0.2) is 30.5 Å². The number of hydrogen-bond acceptors (Lipinski definition) is 1. The number of fused-ring (bicyclic) bond motifs is 3. The zero-order valence-electron chi connectivity index (χ0n) is 12.6. The van der Waals surface area contributed by atoms with Gasteiger partial charge >= 0.3 is 0 Å². The first-order chi connectivity index (χ1) is 9.77. The Hall–Kier alpha value is -1.83. The zero-order chi connectivity index (χ0) is 14.1. The smallest absolute Gasteiger partial charge is 0.0555 e. The first kappa shape index (κ1) is 13.2. The lowest BCUT2D eigenvalue weighted by Crippen LogP contribution is -2.01. The third-order valence-electron chi connectivity index (χ3n) is 4.12. The zero-order valence-corrected chi connectivity index (χ0v) is 12.6. The predicted molar refractivity (Wildman–Crippen MR) is 86.2 cm³/mol. The molecule has 3 rings (SSSR count). The third kappa shape index (κ3) is 1.91. The summed E-state index contributed by atoms with van der Waals surface area (Å²) in [5.74, 6) is 0. The summed E-state index contributed by atoms with van der Waals surface area (Å²) >= 11 is 0. The predicted octanol–water partition coefficient (Wildman–Crippen LogP) is 4.63. The van der Waals surface area contributed by atoms with Crippen molar-refractivity contribution in [2.75, 3.05) is 0 Å². The highest BCUT2D eigenvalue weighted by atomic mass is 14.9. The Morgan fingerprint density at radius 3 is 2.50 bits per heavy atom. The third-order valence-corrected chi connectivity index (χ3v) is 4.12. The molecular weight excluding hydrogens is 244 g/mol. The Morgan fingerprint density at radius 1 is 1.00 bits per heavy atom. The molecule has 0 unspecified atom stereocenters. The molecule has 0 fully saturated rings. The molecule has 0 aliphatic heterocycles. The molecular formula is C18H22N2. The topological polar surface area (TPSA) is 17.8 Å². The second kappa shape index (κ2) is 5.28. The quantitative estimate of drug-likeness (QED) is 0.673. The van der Waals surface area contributed by atoms with Crippen molar-refractivity contribution in [2.45, 2.75) is 39.5 Å². The van der Waals surface area contributed by atoms with Crippen molar-refractivity contribution in [1.29, 1.82) is 0 Å². The lowest BCUT2D eigenvalue weighted by Gasteiger charge is -2.10. The molecule has 0 bridgehead atoms. The normalized spacial score (nSPS) is 11.6. The summed E-state index contributed by atoms with van der Waals surface area (Å²) in [5.41, 5.74) is 5.42. The number of pyridine rings is 1. The summed E-state index contributed by atoms with van der Waals surface area (Å²) in [6.07, 6.45) is 6.58. The average Bonchev–Trinajstić information content (AvgIpc) is 2.76. The maximum absolute atomic E-state index is 4.77. The van der Waals surface area contributed by atoms with Gasteiger partial charge in [0.2, 0.25) is 0 Å². The molecule has 1 aromatic carbocycles. The van der Waals surface area contributed by atoms with Crippen molar-refractivity contribution in [3.8, 4) is 0 Å².